The van der Waals surface area contributed by atoms with E-state index in [0.717, 1.165) is 4.83 Å². The van der Waals surface area contributed by atoms with Crippen LogP contribution in [-0.2, 0) is 0 Å². The monoisotopic (exact) mass is 225 g/mol. The minimum Gasteiger partial charge on any atom is -0.375 e. The molecule has 3 rings (SSSR count). The molecule has 3 heterocycles. The Morgan fingerprint density at radius 3 is 2.79 bits per heavy atom. The van der Waals surface area contributed by atoms with Gasteiger partial charge in [0.1, 0.15) is 4.83 Å². The van der Waals surface area contributed by atoms with Crippen LogP contribution in [0.4, 0.5) is 10.1 Å². The maximum absolute atomic E-state index is 5.64. The van der Waals surface area contributed by atoms with Crippen molar-refractivity contribution in [2.75, 3.05) is 23.7 Å². The molecule has 3 nitrogen and oxygen atoms in total. The molecule has 0 radical (unpaired) electrons. The van der Waals surface area contributed by atoms with E-state index in [1.165, 1.54) is 35.6 Å². The van der Waals surface area contributed by atoms with Gasteiger partial charge in [0.05, 0.1) is 9.70 Å². The Morgan fingerprint density at radius 1 is 1.29 bits per heavy atom. The molecule has 0 bridgehead atoms. The van der Waals surface area contributed by atoms with Gasteiger partial charge in [-0.25, -0.2) is 4.98 Å². The summed E-state index contributed by atoms with van der Waals surface area (Å²) in [5.74, 6) is 0. The summed E-state index contributed by atoms with van der Waals surface area (Å²) >= 11 is 3.34. The molecule has 5 heteroatoms. The quantitative estimate of drug-likeness (QED) is 0.811. The molecule has 2 N–H and O–H groups in total. The third kappa shape index (κ3) is 1.27. The molecule has 0 unspecified atom stereocenters. The first-order valence-corrected chi connectivity index (χ1v) is 6.37. The van der Waals surface area contributed by atoms with Crippen molar-refractivity contribution in [3.63, 3.8) is 0 Å². The number of rotatable bonds is 1. The third-order valence-electron chi connectivity index (χ3n) is 2.51. The van der Waals surface area contributed by atoms with Crippen LogP contribution in [0.1, 0.15) is 12.8 Å². The normalized spacial score (nSPS) is 17.0. The molecular formula is C9H11N3S2. The standard InChI is InChI=1S/C9H11N3S2/c10-9-11-8-6(13-9)5-7(14-8)12-3-1-2-4-12/h5H,1-4H2,(H2,10,11). The number of thiophene rings is 1. The van der Waals surface area contributed by atoms with E-state index in [1.807, 2.05) is 0 Å². The van der Waals surface area contributed by atoms with E-state index in [1.54, 1.807) is 22.7 Å². The SMILES string of the molecule is Nc1nc2sc(N3CCCC3)cc2s1. The molecule has 1 fully saturated rings. The van der Waals surface area contributed by atoms with Crippen LogP contribution in [0.15, 0.2) is 6.07 Å². The summed E-state index contributed by atoms with van der Waals surface area (Å²) in [6.45, 7) is 2.40. The molecular weight excluding hydrogens is 214 g/mol. The molecule has 0 amide bonds. The van der Waals surface area contributed by atoms with E-state index >= 15 is 0 Å². The molecule has 0 saturated carbocycles. The Bertz CT molecular complexity index is 422. The van der Waals surface area contributed by atoms with Crippen molar-refractivity contribution >= 4 is 42.3 Å². The summed E-state index contributed by atoms with van der Waals surface area (Å²) < 4.78 is 1.23. The summed E-state index contributed by atoms with van der Waals surface area (Å²) in [7, 11) is 0. The van der Waals surface area contributed by atoms with Gasteiger partial charge in [-0.2, -0.15) is 0 Å². The van der Waals surface area contributed by atoms with Crippen LogP contribution in [0.5, 0.6) is 0 Å². The van der Waals surface area contributed by atoms with Crippen LogP contribution in [0.3, 0.4) is 0 Å². The average Bonchev–Trinajstić information content (AvgIpc) is 2.74. The highest BCUT2D eigenvalue weighted by Gasteiger charge is 2.16. The first kappa shape index (κ1) is 8.49. The number of nitrogens with two attached hydrogens (primary N) is 1. The minimum absolute atomic E-state index is 0.680. The highest BCUT2D eigenvalue weighted by Crippen LogP contribution is 2.37. The molecule has 74 valence electrons. The zero-order chi connectivity index (χ0) is 9.54. The Hall–Kier alpha value is -0.810. The van der Waals surface area contributed by atoms with Gasteiger partial charge in [-0.3, -0.25) is 0 Å². The van der Waals surface area contributed by atoms with Crippen LogP contribution in [0.25, 0.3) is 9.53 Å². The second-order valence-corrected chi connectivity index (χ2v) is 5.57. The summed E-state index contributed by atoms with van der Waals surface area (Å²) in [6, 6.07) is 2.22. The molecule has 0 atom stereocenters. The zero-order valence-corrected chi connectivity index (χ0v) is 9.33. The fraction of sp³-hybridized carbons (Fsp3) is 0.444. The van der Waals surface area contributed by atoms with Crippen molar-refractivity contribution in [3.05, 3.63) is 6.07 Å². The van der Waals surface area contributed by atoms with Crippen LogP contribution in [0, 0.1) is 0 Å². The van der Waals surface area contributed by atoms with Gasteiger partial charge >= 0.3 is 0 Å². The Balaban J connectivity index is 2.01. The molecule has 14 heavy (non-hydrogen) atoms. The smallest absolute Gasteiger partial charge is 0.181 e. The first-order valence-electron chi connectivity index (χ1n) is 4.74. The lowest BCUT2D eigenvalue weighted by Gasteiger charge is -2.13. The van der Waals surface area contributed by atoms with Crippen molar-refractivity contribution in [1.29, 1.82) is 0 Å². The van der Waals surface area contributed by atoms with Gasteiger partial charge < -0.3 is 10.6 Å². The summed E-state index contributed by atoms with van der Waals surface area (Å²) in [6.07, 6.45) is 2.64. The highest BCUT2D eigenvalue weighted by molar-refractivity contribution is 7.30. The van der Waals surface area contributed by atoms with Crippen LogP contribution < -0.4 is 10.6 Å². The van der Waals surface area contributed by atoms with Gasteiger partial charge in [0, 0.05) is 13.1 Å². The number of hydrogen-bond donors (Lipinski definition) is 1. The predicted molar refractivity (Wildman–Crippen MR) is 63.4 cm³/mol. The Morgan fingerprint density at radius 2 is 2.07 bits per heavy atom. The topological polar surface area (TPSA) is 42.1 Å². The molecule has 0 aliphatic carbocycles. The van der Waals surface area contributed by atoms with Gasteiger partial charge in [0.25, 0.3) is 0 Å². The van der Waals surface area contributed by atoms with Crippen molar-refractivity contribution < 1.29 is 0 Å². The minimum atomic E-state index is 0.680. The fourth-order valence-electron chi connectivity index (χ4n) is 1.83. The Labute approximate surface area is 90.2 Å². The summed E-state index contributed by atoms with van der Waals surface area (Å²) in [5, 5.41) is 2.04. The summed E-state index contributed by atoms with van der Waals surface area (Å²) in [5.41, 5.74) is 5.64. The lowest BCUT2D eigenvalue weighted by molar-refractivity contribution is 0.949. The Kier molecular flexibility index (Phi) is 1.88. The van der Waals surface area contributed by atoms with E-state index in [0.29, 0.717) is 5.13 Å². The lowest BCUT2D eigenvalue weighted by Crippen LogP contribution is -2.15. The van der Waals surface area contributed by atoms with Crippen LogP contribution >= 0.6 is 22.7 Å². The van der Waals surface area contributed by atoms with Crippen molar-refractivity contribution in [1.82, 2.24) is 4.98 Å². The van der Waals surface area contributed by atoms with E-state index in [4.69, 9.17) is 5.73 Å². The summed E-state index contributed by atoms with van der Waals surface area (Å²) in [4.78, 5) is 7.83. The zero-order valence-electron chi connectivity index (χ0n) is 7.69. The molecule has 1 aliphatic rings. The maximum atomic E-state index is 5.64. The van der Waals surface area contributed by atoms with Crippen LogP contribution in [-0.4, -0.2) is 18.1 Å². The van der Waals surface area contributed by atoms with Crippen molar-refractivity contribution in [2.45, 2.75) is 12.8 Å². The highest BCUT2D eigenvalue weighted by atomic mass is 32.1. The van der Waals surface area contributed by atoms with Gasteiger partial charge in [0.15, 0.2) is 5.13 Å². The largest absolute Gasteiger partial charge is 0.375 e. The number of aromatic nitrogens is 1. The number of fused-ring (bicyclic) bond motifs is 1. The van der Waals surface area contributed by atoms with Crippen molar-refractivity contribution in [3.8, 4) is 0 Å². The van der Waals surface area contributed by atoms with Gasteiger partial charge in [-0.15, -0.1) is 0 Å². The molecule has 1 aliphatic heterocycles. The number of nitrogens with zero attached hydrogens (tertiary/aromatic N) is 2. The van der Waals surface area contributed by atoms with E-state index in [9.17, 15) is 0 Å². The van der Waals surface area contributed by atoms with Gasteiger partial charge in [-0.1, -0.05) is 22.7 Å². The van der Waals surface area contributed by atoms with Crippen molar-refractivity contribution in [2.24, 2.45) is 0 Å². The second kappa shape index (κ2) is 3.10. The molecule has 0 aromatic carbocycles. The average molecular weight is 225 g/mol. The van der Waals surface area contributed by atoms with E-state index < -0.39 is 0 Å². The van der Waals surface area contributed by atoms with Gasteiger partial charge in [0.2, 0.25) is 0 Å². The molecule has 2 aromatic rings. The number of thiazole rings is 1. The second-order valence-electron chi connectivity index (χ2n) is 3.50. The third-order valence-corrected chi connectivity index (χ3v) is 4.56. The maximum Gasteiger partial charge on any atom is 0.181 e. The molecule has 0 spiro atoms. The molecule has 2 aromatic heterocycles. The van der Waals surface area contributed by atoms with Crippen LogP contribution in [0.2, 0.25) is 0 Å². The lowest BCUT2D eigenvalue weighted by atomic mass is 10.4. The molecule has 1 saturated heterocycles. The number of hydrogen-bond acceptors (Lipinski definition) is 5. The van der Waals surface area contributed by atoms with Gasteiger partial charge in [-0.05, 0) is 18.9 Å². The number of anilines is 2. The fourth-order valence-corrected chi connectivity index (χ4v) is 3.87. The van der Waals surface area contributed by atoms with E-state index in [2.05, 4.69) is 16.0 Å². The first-order chi connectivity index (χ1) is 6.83. The number of nitrogen functional groups attached to an aromatic ring is 1. The predicted octanol–water partition coefficient (Wildman–Crippen LogP) is 2.54. The van der Waals surface area contributed by atoms with E-state index in [-0.39, 0.29) is 0 Å².